The zero-order valence-electron chi connectivity index (χ0n) is 20.2. The molecule has 0 aliphatic rings. The molecule has 0 unspecified atom stereocenters. The van der Waals surface area contributed by atoms with Crippen molar-refractivity contribution in [2.45, 2.75) is 13.8 Å². The number of amides is 1. The number of methoxy groups -OCH3 is 2. The van der Waals surface area contributed by atoms with Gasteiger partial charge in [-0.25, -0.2) is 4.68 Å². The maximum atomic E-state index is 12.8. The molecule has 4 aromatic rings. The number of nitrogens with zero attached hydrogens (tertiary/aromatic N) is 3. The molecule has 3 aromatic carbocycles. The monoisotopic (exact) mass is 472 g/mol. The van der Waals surface area contributed by atoms with E-state index in [1.165, 1.54) is 0 Å². The minimum Gasteiger partial charge on any atom is -0.497 e. The molecule has 0 spiro atoms. The summed E-state index contributed by atoms with van der Waals surface area (Å²) in [6.45, 7) is 4.63. The van der Waals surface area contributed by atoms with Crippen LogP contribution in [0, 0.1) is 5.92 Å². The second-order valence-corrected chi connectivity index (χ2v) is 8.30. The van der Waals surface area contributed by atoms with Gasteiger partial charge in [0.15, 0.2) is 5.82 Å². The van der Waals surface area contributed by atoms with Crippen molar-refractivity contribution in [1.82, 2.24) is 14.8 Å². The number of hydrogen-bond acceptors (Lipinski definition) is 6. The maximum absolute atomic E-state index is 12.8. The summed E-state index contributed by atoms with van der Waals surface area (Å²) in [6, 6.07) is 22.3. The molecular weight excluding hydrogens is 444 g/mol. The van der Waals surface area contributed by atoms with Gasteiger partial charge in [0.25, 0.3) is 5.91 Å². The predicted octanol–water partition coefficient (Wildman–Crippen LogP) is 5.24. The van der Waals surface area contributed by atoms with Crippen molar-refractivity contribution in [3.63, 3.8) is 0 Å². The molecule has 4 rings (SSSR count). The Labute approximate surface area is 204 Å². The van der Waals surface area contributed by atoms with E-state index in [2.05, 4.69) is 29.2 Å². The smallest absolute Gasteiger partial charge is 0.336 e. The van der Waals surface area contributed by atoms with Crippen molar-refractivity contribution in [3.8, 4) is 34.6 Å². The Morgan fingerprint density at radius 1 is 0.943 bits per heavy atom. The number of ether oxygens (including phenoxy) is 3. The largest absolute Gasteiger partial charge is 0.497 e. The summed E-state index contributed by atoms with van der Waals surface area (Å²) in [5, 5.41) is 7.54. The molecule has 0 bridgehead atoms. The predicted molar refractivity (Wildman–Crippen MR) is 135 cm³/mol. The van der Waals surface area contributed by atoms with Crippen molar-refractivity contribution in [1.29, 1.82) is 0 Å². The van der Waals surface area contributed by atoms with E-state index in [-0.39, 0.29) is 11.9 Å². The van der Waals surface area contributed by atoms with E-state index in [1.54, 1.807) is 43.2 Å². The minimum atomic E-state index is -0.242. The molecule has 0 aliphatic heterocycles. The second kappa shape index (κ2) is 10.7. The highest BCUT2D eigenvalue weighted by Crippen LogP contribution is 2.28. The van der Waals surface area contributed by atoms with Gasteiger partial charge in [0.2, 0.25) is 0 Å². The molecule has 0 saturated carbocycles. The fourth-order valence-electron chi connectivity index (χ4n) is 3.41. The van der Waals surface area contributed by atoms with E-state index >= 15 is 0 Å². The zero-order valence-corrected chi connectivity index (χ0v) is 20.2. The molecule has 1 heterocycles. The third-order valence-electron chi connectivity index (χ3n) is 5.14. The van der Waals surface area contributed by atoms with Crippen molar-refractivity contribution in [3.05, 3.63) is 78.4 Å². The molecular formula is C27H28N4O4. The van der Waals surface area contributed by atoms with Crippen LogP contribution in [0.5, 0.6) is 17.5 Å². The van der Waals surface area contributed by atoms with Gasteiger partial charge in [-0.2, -0.15) is 4.98 Å². The quantitative estimate of drug-likeness (QED) is 0.359. The van der Waals surface area contributed by atoms with Crippen LogP contribution >= 0.6 is 0 Å². The van der Waals surface area contributed by atoms with Crippen LogP contribution in [0.25, 0.3) is 17.1 Å². The molecule has 35 heavy (non-hydrogen) atoms. The van der Waals surface area contributed by atoms with Gasteiger partial charge in [0, 0.05) is 16.8 Å². The van der Waals surface area contributed by atoms with Gasteiger partial charge in [-0.15, -0.1) is 5.10 Å². The summed E-state index contributed by atoms with van der Waals surface area (Å²) in [5.41, 5.74) is 2.66. The SMILES string of the molecule is COc1cccc(C(=O)Nc2cccc(-n3nc(OCC(C)C)nc3-c3cccc(OC)c3)c2)c1. The van der Waals surface area contributed by atoms with Crippen LogP contribution in [0.15, 0.2) is 72.8 Å². The molecule has 1 N–H and O–H groups in total. The average molecular weight is 473 g/mol. The number of benzene rings is 3. The van der Waals surface area contributed by atoms with Crippen LogP contribution < -0.4 is 19.5 Å². The highest BCUT2D eigenvalue weighted by Gasteiger charge is 2.17. The summed E-state index contributed by atoms with van der Waals surface area (Å²) < 4.78 is 18.1. The first kappa shape index (κ1) is 23.8. The summed E-state index contributed by atoms with van der Waals surface area (Å²) >= 11 is 0. The van der Waals surface area contributed by atoms with Gasteiger partial charge in [0.05, 0.1) is 26.5 Å². The lowest BCUT2D eigenvalue weighted by Crippen LogP contribution is -2.12. The fourth-order valence-corrected chi connectivity index (χ4v) is 3.41. The highest BCUT2D eigenvalue weighted by atomic mass is 16.5. The summed E-state index contributed by atoms with van der Waals surface area (Å²) in [6.07, 6.45) is 0. The van der Waals surface area contributed by atoms with E-state index < -0.39 is 0 Å². The van der Waals surface area contributed by atoms with Crippen LogP contribution in [-0.2, 0) is 0 Å². The molecule has 8 nitrogen and oxygen atoms in total. The number of nitrogens with one attached hydrogen (secondary N) is 1. The number of carbonyl (C=O) groups excluding carboxylic acids is 1. The number of carbonyl (C=O) groups is 1. The number of hydrogen-bond donors (Lipinski definition) is 1. The van der Waals surface area contributed by atoms with Crippen molar-refractivity contribution in [2.75, 3.05) is 26.1 Å². The van der Waals surface area contributed by atoms with Gasteiger partial charge in [-0.1, -0.05) is 38.1 Å². The van der Waals surface area contributed by atoms with Gasteiger partial charge >= 0.3 is 6.01 Å². The Morgan fingerprint density at radius 2 is 1.66 bits per heavy atom. The van der Waals surface area contributed by atoms with Gasteiger partial charge < -0.3 is 19.5 Å². The lowest BCUT2D eigenvalue weighted by Gasteiger charge is -2.10. The lowest BCUT2D eigenvalue weighted by molar-refractivity contribution is 0.102. The van der Waals surface area contributed by atoms with E-state index in [4.69, 9.17) is 14.2 Å². The first-order chi connectivity index (χ1) is 17.0. The molecule has 180 valence electrons. The van der Waals surface area contributed by atoms with Crippen LogP contribution in [0.4, 0.5) is 5.69 Å². The maximum Gasteiger partial charge on any atom is 0.336 e. The summed E-state index contributed by atoms with van der Waals surface area (Å²) in [5.74, 6) is 2.01. The normalized spacial score (nSPS) is 10.8. The van der Waals surface area contributed by atoms with Crippen molar-refractivity contribution in [2.24, 2.45) is 5.92 Å². The molecule has 1 aromatic heterocycles. The Bertz CT molecular complexity index is 1320. The van der Waals surface area contributed by atoms with Crippen LogP contribution in [0.3, 0.4) is 0 Å². The number of rotatable bonds is 9. The molecule has 8 heteroatoms. The first-order valence-electron chi connectivity index (χ1n) is 11.3. The van der Waals surface area contributed by atoms with E-state index in [1.807, 2.05) is 48.5 Å². The number of aromatic nitrogens is 3. The first-order valence-corrected chi connectivity index (χ1v) is 11.3. The third kappa shape index (κ3) is 5.78. The Kier molecular flexibility index (Phi) is 7.30. The van der Waals surface area contributed by atoms with Crippen LogP contribution in [0.2, 0.25) is 0 Å². The second-order valence-electron chi connectivity index (χ2n) is 8.30. The topological polar surface area (TPSA) is 87.5 Å². The molecule has 1 amide bonds. The van der Waals surface area contributed by atoms with Crippen LogP contribution in [0.1, 0.15) is 24.2 Å². The van der Waals surface area contributed by atoms with E-state index in [0.29, 0.717) is 41.1 Å². The Morgan fingerprint density at radius 3 is 2.40 bits per heavy atom. The Hall–Kier alpha value is -4.33. The van der Waals surface area contributed by atoms with Gasteiger partial charge in [-0.3, -0.25) is 4.79 Å². The highest BCUT2D eigenvalue weighted by molar-refractivity contribution is 6.04. The molecule has 0 fully saturated rings. The zero-order chi connectivity index (χ0) is 24.8. The van der Waals surface area contributed by atoms with Gasteiger partial charge in [0.1, 0.15) is 11.5 Å². The lowest BCUT2D eigenvalue weighted by atomic mass is 10.2. The summed E-state index contributed by atoms with van der Waals surface area (Å²) in [4.78, 5) is 17.4. The third-order valence-corrected chi connectivity index (χ3v) is 5.14. The average Bonchev–Trinajstić information content (AvgIpc) is 3.32. The molecule has 0 atom stereocenters. The van der Waals surface area contributed by atoms with E-state index in [9.17, 15) is 4.79 Å². The van der Waals surface area contributed by atoms with E-state index in [0.717, 1.165) is 11.3 Å². The molecule has 0 aliphatic carbocycles. The standard InChI is InChI=1S/C27H28N4O4/c1-18(2)17-35-27-29-25(19-8-5-12-23(14-19)33-3)31(30-27)22-11-7-10-21(16-22)28-26(32)20-9-6-13-24(15-20)34-4/h5-16,18H,17H2,1-4H3,(H,28,32). The fraction of sp³-hybridized carbons (Fsp3) is 0.222. The number of anilines is 1. The molecule has 0 radical (unpaired) electrons. The van der Waals surface area contributed by atoms with Crippen molar-refractivity contribution >= 4 is 11.6 Å². The van der Waals surface area contributed by atoms with Crippen molar-refractivity contribution < 1.29 is 19.0 Å². The van der Waals surface area contributed by atoms with Gasteiger partial charge in [-0.05, 0) is 54.4 Å². The minimum absolute atomic E-state index is 0.242. The Balaban J connectivity index is 1.68. The van der Waals surface area contributed by atoms with Crippen LogP contribution in [-0.4, -0.2) is 41.5 Å². The summed E-state index contributed by atoms with van der Waals surface area (Å²) in [7, 11) is 3.19. The molecule has 0 saturated heterocycles.